The molecule has 0 radical (unpaired) electrons. The third-order valence-corrected chi connectivity index (χ3v) is 4.90. The zero-order chi connectivity index (χ0) is 18.6. The Morgan fingerprint density at radius 1 is 1.15 bits per heavy atom. The van der Waals surface area contributed by atoms with Gasteiger partial charge >= 0.3 is 0 Å². The first kappa shape index (κ1) is 17.8. The van der Waals surface area contributed by atoms with Crippen molar-refractivity contribution in [2.75, 3.05) is 27.4 Å². The van der Waals surface area contributed by atoms with Crippen LogP contribution in [0.5, 0.6) is 5.75 Å². The highest BCUT2D eigenvalue weighted by atomic mass is 16.5. The van der Waals surface area contributed by atoms with Gasteiger partial charge < -0.3 is 14.8 Å². The van der Waals surface area contributed by atoms with E-state index < -0.39 is 0 Å². The van der Waals surface area contributed by atoms with Crippen LogP contribution in [-0.4, -0.2) is 49.4 Å². The molecule has 1 saturated carbocycles. The average molecular weight is 366 g/mol. The first-order chi connectivity index (χ1) is 13.2. The lowest BCUT2D eigenvalue weighted by Crippen LogP contribution is -2.30. The van der Waals surface area contributed by atoms with E-state index in [-0.39, 0.29) is 0 Å². The fourth-order valence-electron chi connectivity index (χ4n) is 3.17. The van der Waals surface area contributed by atoms with E-state index in [4.69, 9.17) is 9.47 Å². The zero-order valence-electron chi connectivity index (χ0n) is 15.8. The lowest BCUT2D eigenvalue weighted by molar-refractivity contribution is -0.0106. The molecule has 2 aromatic rings. The maximum atomic E-state index is 5.86. The number of ether oxygens (including phenoxy) is 2. The van der Waals surface area contributed by atoms with E-state index in [1.807, 2.05) is 37.3 Å². The Bertz CT molecular complexity index is 777. The molecule has 0 saturated heterocycles. The van der Waals surface area contributed by atoms with Gasteiger partial charge in [0, 0.05) is 26.1 Å². The Kier molecular flexibility index (Phi) is 5.27. The van der Waals surface area contributed by atoms with Crippen LogP contribution in [0.15, 0.2) is 59.7 Å². The molecule has 0 amide bonds. The number of hydrogen-bond donors (Lipinski definition) is 1. The summed E-state index contributed by atoms with van der Waals surface area (Å²) in [6, 6.07) is 19.2. The van der Waals surface area contributed by atoms with Gasteiger partial charge in [0.2, 0.25) is 5.90 Å². The second kappa shape index (κ2) is 7.98. The van der Waals surface area contributed by atoms with Crippen LogP contribution in [-0.2, 0) is 11.3 Å². The largest absolute Gasteiger partial charge is 0.489 e. The number of hydrazine groups is 1. The van der Waals surface area contributed by atoms with Crippen molar-refractivity contribution in [2.45, 2.75) is 25.0 Å². The fourth-order valence-corrected chi connectivity index (χ4v) is 3.17. The molecule has 6 heteroatoms. The Labute approximate surface area is 160 Å². The fraction of sp³-hybridized carbons (Fsp3) is 0.381. The number of hydrogen-bond acceptors (Lipinski definition) is 6. The van der Waals surface area contributed by atoms with Crippen molar-refractivity contribution in [3.63, 3.8) is 0 Å². The number of rotatable bonds is 8. The van der Waals surface area contributed by atoms with Crippen LogP contribution >= 0.6 is 0 Å². The van der Waals surface area contributed by atoms with Crippen LogP contribution in [0.4, 0.5) is 0 Å². The van der Waals surface area contributed by atoms with E-state index >= 15 is 0 Å². The summed E-state index contributed by atoms with van der Waals surface area (Å²) in [6.45, 7) is 1.76. The summed E-state index contributed by atoms with van der Waals surface area (Å²) in [5.41, 5.74) is 2.53. The van der Waals surface area contributed by atoms with Crippen molar-refractivity contribution in [3.05, 3.63) is 65.7 Å². The molecule has 1 aliphatic heterocycles. The van der Waals surface area contributed by atoms with Gasteiger partial charge in [-0.05, 0) is 29.7 Å². The van der Waals surface area contributed by atoms with Crippen molar-refractivity contribution in [1.29, 1.82) is 0 Å². The lowest BCUT2D eigenvalue weighted by atomic mass is 10.1. The highest BCUT2D eigenvalue weighted by Gasteiger charge is 2.38. The molecule has 27 heavy (non-hydrogen) atoms. The molecule has 142 valence electrons. The molecule has 1 heterocycles. The maximum Gasteiger partial charge on any atom is 0.223 e. The van der Waals surface area contributed by atoms with Crippen molar-refractivity contribution in [1.82, 2.24) is 15.4 Å². The first-order valence-electron chi connectivity index (χ1n) is 9.34. The Morgan fingerprint density at radius 2 is 1.93 bits per heavy atom. The van der Waals surface area contributed by atoms with E-state index in [9.17, 15) is 0 Å². The van der Waals surface area contributed by atoms with Crippen LogP contribution in [0, 0.1) is 0 Å². The van der Waals surface area contributed by atoms with Gasteiger partial charge in [0.1, 0.15) is 12.4 Å². The molecule has 2 atom stereocenters. The highest BCUT2D eigenvalue weighted by molar-refractivity contribution is 5.78. The SMILES string of the molecule is CN(C)N1COC(CN[C@@H]2C[C@H]2c2ccc(OCc3ccccc3)cc2)=N1. The molecule has 1 fully saturated rings. The Morgan fingerprint density at radius 3 is 2.63 bits per heavy atom. The quantitative estimate of drug-likeness (QED) is 0.779. The Balaban J connectivity index is 1.23. The van der Waals surface area contributed by atoms with Crippen molar-refractivity contribution in [2.24, 2.45) is 5.10 Å². The molecule has 2 aliphatic rings. The second-order valence-corrected chi connectivity index (χ2v) is 7.16. The van der Waals surface area contributed by atoms with Gasteiger partial charge in [0.25, 0.3) is 0 Å². The topological polar surface area (TPSA) is 49.3 Å². The molecule has 4 rings (SSSR count). The smallest absolute Gasteiger partial charge is 0.223 e. The van der Waals surface area contributed by atoms with E-state index in [1.165, 1.54) is 11.1 Å². The summed E-state index contributed by atoms with van der Waals surface area (Å²) in [5, 5.41) is 11.7. The van der Waals surface area contributed by atoms with E-state index in [0.29, 0.717) is 31.8 Å². The summed E-state index contributed by atoms with van der Waals surface area (Å²) in [7, 11) is 3.90. The third kappa shape index (κ3) is 4.59. The molecule has 1 aliphatic carbocycles. The molecule has 0 bridgehead atoms. The summed E-state index contributed by atoms with van der Waals surface area (Å²) in [6.07, 6.45) is 1.15. The molecular weight excluding hydrogens is 340 g/mol. The van der Waals surface area contributed by atoms with Gasteiger partial charge in [-0.3, -0.25) is 0 Å². The molecule has 0 aromatic heterocycles. The Hall–Kier alpha value is -2.57. The maximum absolute atomic E-state index is 5.86. The molecule has 6 nitrogen and oxygen atoms in total. The monoisotopic (exact) mass is 366 g/mol. The van der Waals surface area contributed by atoms with Crippen LogP contribution < -0.4 is 10.1 Å². The standard InChI is InChI=1S/C21H26N4O2/c1-24(2)25-15-27-21(23-25)13-22-20-12-19(20)17-8-10-18(11-9-17)26-14-16-6-4-3-5-7-16/h3-11,19-20,22H,12-15H2,1-2H3/t19-,20+/m0/s1. The van der Waals surface area contributed by atoms with Crippen LogP contribution in [0.1, 0.15) is 23.5 Å². The average Bonchev–Trinajstić information content (AvgIpc) is 3.31. The molecule has 1 N–H and O–H groups in total. The van der Waals surface area contributed by atoms with E-state index in [2.05, 4.69) is 46.8 Å². The predicted octanol–water partition coefficient (Wildman–Crippen LogP) is 2.79. The summed E-state index contributed by atoms with van der Waals surface area (Å²) >= 11 is 0. The van der Waals surface area contributed by atoms with E-state index in [1.54, 1.807) is 5.12 Å². The summed E-state index contributed by atoms with van der Waals surface area (Å²) in [5.74, 6) is 2.21. The van der Waals surface area contributed by atoms with Gasteiger partial charge in [-0.25, -0.2) is 5.01 Å². The van der Waals surface area contributed by atoms with Crippen LogP contribution in [0.3, 0.4) is 0 Å². The summed E-state index contributed by atoms with van der Waals surface area (Å²) < 4.78 is 11.4. The van der Waals surface area contributed by atoms with Gasteiger partial charge in [0.05, 0.1) is 6.54 Å². The predicted molar refractivity (Wildman–Crippen MR) is 105 cm³/mol. The second-order valence-electron chi connectivity index (χ2n) is 7.16. The van der Waals surface area contributed by atoms with Crippen molar-refractivity contribution in [3.8, 4) is 5.75 Å². The van der Waals surface area contributed by atoms with Crippen molar-refractivity contribution >= 4 is 5.90 Å². The normalized spacial score (nSPS) is 21.1. The van der Waals surface area contributed by atoms with Crippen molar-refractivity contribution < 1.29 is 9.47 Å². The zero-order valence-corrected chi connectivity index (χ0v) is 15.8. The van der Waals surface area contributed by atoms with E-state index in [0.717, 1.165) is 18.1 Å². The minimum absolute atomic E-state index is 0.487. The number of benzene rings is 2. The first-order valence-corrected chi connectivity index (χ1v) is 9.34. The molecular formula is C21H26N4O2. The van der Waals surface area contributed by atoms with Gasteiger partial charge in [0.15, 0.2) is 6.73 Å². The van der Waals surface area contributed by atoms with Gasteiger partial charge in [-0.1, -0.05) is 42.5 Å². The molecule has 0 unspecified atom stereocenters. The molecule has 0 spiro atoms. The minimum Gasteiger partial charge on any atom is -0.489 e. The number of nitrogens with zero attached hydrogens (tertiary/aromatic N) is 3. The minimum atomic E-state index is 0.487. The van der Waals surface area contributed by atoms with Crippen LogP contribution in [0.2, 0.25) is 0 Å². The lowest BCUT2D eigenvalue weighted by Gasteiger charge is -2.18. The third-order valence-electron chi connectivity index (χ3n) is 4.90. The summed E-state index contributed by atoms with van der Waals surface area (Å²) in [4.78, 5) is 0. The van der Waals surface area contributed by atoms with Gasteiger partial charge in [-0.15, -0.1) is 5.10 Å². The number of hydrazone groups is 1. The van der Waals surface area contributed by atoms with Gasteiger partial charge in [-0.2, -0.15) is 5.12 Å². The highest BCUT2D eigenvalue weighted by Crippen LogP contribution is 2.41. The van der Waals surface area contributed by atoms with Crippen LogP contribution in [0.25, 0.3) is 0 Å². The molecule has 2 aromatic carbocycles. The number of nitrogens with one attached hydrogen (secondary N) is 1.